The van der Waals surface area contributed by atoms with Crippen LogP contribution >= 0.6 is 0 Å². The molecule has 0 aromatic carbocycles. The highest BCUT2D eigenvalue weighted by Gasteiger charge is 2.18. The van der Waals surface area contributed by atoms with Gasteiger partial charge < -0.3 is 15.2 Å². The van der Waals surface area contributed by atoms with Crippen molar-refractivity contribution in [2.24, 2.45) is 0 Å². The van der Waals surface area contributed by atoms with Gasteiger partial charge in [-0.1, -0.05) is 31.8 Å². The van der Waals surface area contributed by atoms with Crippen LogP contribution in [0.3, 0.4) is 0 Å². The molecule has 2 rings (SSSR count). The molecule has 3 N–H and O–H groups in total. The average molecular weight is 272 g/mol. The van der Waals surface area contributed by atoms with Crippen molar-refractivity contribution >= 4 is 5.88 Å². The summed E-state index contributed by atoms with van der Waals surface area (Å²) in [6.07, 6.45) is 5.41. The molecule has 2 aromatic heterocycles. The first-order chi connectivity index (χ1) is 9.71. The largest absolute Gasteiger partial charge is 0.366 e. The van der Waals surface area contributed by atoms with Crippen LogP contribution in [0.25, 0.3) is 11.4 Å². The van der Waals surface area contributed by atoms with Crippen molar-refractivity contribution in [1.29, 1.82) is 5.26 Å². The van der Waals surface area contributed by atoms with Gasteiger partial charge in [-0.3, -0.25) is 0 Å². The Morgan fingerprint density at radius 2 is 2.15 bits per heavy atom. The second-order valence-corrected chi connectivity index (χ2v) is 4.92. The molecular formula is C15H20N4O. The number of nitrogens with two attached hydrogens (primary N) is 1. The molecule has 2 heterocycles. The second-order valence-electron chi connectivity index (χ2n) is 4.92. The van der Waals surface area contributed by atoms with Crippen LogP contribution in [0.2, 0.25) is 0 Å². The third kappa shape index (κ3) is 2.69. The van der Waals surface area contributed by atoms with Crippen molar-refractivity contribution < 1.29 is 4.52 Å². The minimum absolute atomic E-state index is 0.0734. The summed E-state index contributed by atoms with van der Waals surface area (Å²) in [5.74, 6) is 0.0734. The molecule has 106 valence electrons. The molecule has 0 atom stereocenters. The average Bonchev–Trinajstić information content (AvgIpc) is 3.00. The van der Waals surface area contributed by atoms with Gasteiger partial charge in [-0.15, -0.1) is 0 Å². The minimum Gasteiger partial charge on any atom is -0.366 e. The highest BCUT2D eigenvalue weighted by molar-refractivity contribution is 5.69. The fourth-order valence-electron chi connectivity index (χ4n) is 2.33. The first-order valence-electron chi connectivity index (χ1n) is 7.07. The van der Waals surface area contributed by atoms with Gasteiger partial charge in [0.05, 0.1) is 5.69 Å². The van der Waals surface area contributed by atoms with Gasteiger partial charge in [-0.2, -0.15) is 5.26 Å². The van der Waals surface area contributed by atoms with Crippen molar-refractivity contribution in [3.05, 3.63) is 22.9 Å². The molecule has 0 fully saturated rings. The van der Waals surface area contributed by atoms with Crippen molar-refractivity contribution in [3.8, 4) is 17.5 Å². The topological polar surface area (TPSA) is 91.6 Å². The first-order valence-corrected chi connectivity index (χ1v) is 7.07. The summed E-state index contributed by atoms with van der Waals surface area (Å²) in [5, 5.41) is 13.0. The van der Waals surface area contributed by atoms with Gasteiger partial charge in [0.15, 0.2) is 0 Å². The summed E-state index contributed by atoms with van der Waals surface area (Å²) in [6, 6.07) is 4.11. The van der Waals surface area contributed by atoms with Crippen molar-refractivity contribution in [2.75, 3.05) is 5.73 Å². The molecular weight excluding hydrogens is 252 g/mol. The van der Waals surface area contributed by atoms with E-state index in [0.717, 1.165) is 37.8 Å². The van der Waals surface area contributed by atoms with Crippen LogP contribution in [0, 0.1) is 11.3 Å². The number of nitriles is 1. The lowest BCUT2D eigenvalue weighted by atomic mass is 10.1. The van der Waals surface area contributed by atoms with E-state index >= 15 is 0 Å². The number of nitrogens with one attached hydrogen (secondary N) is 1. The summed E-state index contributed by atoms with van der Waals surface area (Å²) in [6.45, 7) is 4.33. The number of aryl methyl sites for hydroxylation is 2. The third-order valence-electron chi connectivity index (χ3n) is 3.38. The Hall–Kier alpha value is -2.22. The number of aromatic nitrogens is 2. The lowest BCUT2D eigenvalue weighted by molar-refractivity contribution is 0.439. The number of aromatic amines is 1. The van der Waals surface area contributed by atoms with Crippen LogP contribution in [0.4, 0.5) is 5.88 Å². The predicted molar refractivity (Wildman–Crippen MR) is 78.0 cm³/mol. The highest BCUT2D eigenvalue weighted by Crippen LogP contribution is 2.28. The number of nitrogen functional groups attached to an aromatic ring is 1. The second kappa shape index (κ2) is 6.29. The van der Waals surface area contributed by atoms with E-state index in [1.54, 1.807) is 0 Å². The molecule has 0 saturated heterocycles. The fourth-order valence-corrected chi connectivity index (χ4v) is 2.33. The molecule has 0 aliphatic heterocycles. The number of H-pyrrole nitrogens is 1. The molecule has 0 amide bonds. The first kappa shape index (κ1) is 14.2. The standard InChI is InChI=1S/C15H20N4O/c1-3-5-7-12-10(6-4-2)8-13(18-12)14-11(9-16)15(17)20-19-14/h8,18H,3-7,17H2,1-2H3. The van der Waals surface area contributed by atoms with Crippen molar-refractivity contribution in [1.82, 2.24) is 10.1 Å². The van der Waals surface area contributed by atoms with Crippen LogP contribution in [-0.2, 0) is 12.8 Å². The van der Waals surface area contributed by atoms with Gasteiger partial charge >= 0.3 is 0 Å². The Bertz CT molecular complexity index is 618. The van der Waals surface area contributed by atoms with Gasteiger partial charge in [0.1, 0.15) is 17.3 Å². The summed E-state index contributed by atoms with van der Waals surface area (Å²) >= 11 is 0. The summed E-state index contributed by atoms with van der Waals surface area (Å²) in [5.41, 5.74) is 9.75. The molecule has 0 aliphatic rings. The third-order valence-corrected chi connectivity index (χ3v) is 3.38. The quantitative estimate of drug-likeness (QED) is 0.842. The van der Waals surface area contributed by atoms with E-state index in [0.29, 0.717) is 11.3 Å². The van der Waals surface area contributed by atoms with Gasteiger partial charge in [-0.25, -0.2) is 0 Å². The Kier molecular flexibility index (Phi) is 4.46. The van der Waals surface area contributed by atoms with E-state index in [2.05, 4.69) is 30.1 Å². The fraction of sp³-hybridized carbons (Fsp3) is 0.467. The van der Waals surface area contributed by atoms with Crippen LogP contribution in [-0.4, -0.2) is 10.1 Å². The van der Waals surface area contributed by atoms with E-state index in [-0.39, 0.29) is 5.88 Å². The molecule has 0 spiro atoms. The van der Waals surface area contributed by atoms with Crippen molar-refractivity contribution in [3.63, 3.8) is 0 Å². The molecule has 5 heteroatoms. The maximum atomic E-state index is 9.13. The van der Waals surface area contributed by atoms with E-state index in [1.807, 2.05) is 6.07 Å². The van der Waals surface area contributed by atoms with Crippen molar-refractivity contribution in [2.45, 2.75) is 46.0 Å². The Morgan fingerprint density at radius 1 is 1.35 bits per heavy atom. The summed E-state index contributed by atoms with van der Waals surface area (Å²) in [7, 11) is 0. The van der Waals surface area contributed by atoms with Gasteiger partial charge in [0, 0.05) is 5.69 Å². The van der Waals surface area contributed by atoms with E-state index in [4.69, 9.17) is 15.5 Å². The van der Waals surface area contributed by atoms with E-state index in [1.165, 1.54) is 11.3 Å². The van der Waals surface area contributed by atoms with E-state index in [9.17, 15) is 0 Å². The zero-order valence-corrected chi connectivity index (χ0v) is 12.0. The molecule has 2 aromatic rings. The van der Waals surface area contributed by atoms with Crippen LogP contribution in [0.1, 0.15) is 49.9 Å². The predicted octanol–water partition coefficient (Wildman–Crippen LogP) is 3.42. The molecule has 20 heavy (non-hydrogen) atoms. The maximum absolute atomic E-state index is 9.13. The molecule has 5 nitrogen and oxygen atoms in total. The van der Waals surface area contributed by atoms with Gasteiger partial charge in [0.2, 0.25) is 5.88 Å². The smallest absolute Gasteiger partial charge is 0.240 e. The zero-order valence-electron chi connectivity index (χ0n) is 12.0. The Labute approximate surface area is 118 Å². The highest BCUT2D eigenvalue weighted by atomic mass is 16.5. The molecule has 0 aliphatic carbocycles. The molecule has 0 bridgehead atoms. The monoisotopic (exact) mass is 272 g/mol. The molecule has 0 saturated carbocycles. The van der Waals surface area contributed by atoms with E-state index < -0.39 is 0 Å². The molecule has 0 unspecified atom stereocenters. The number of anilines is 1. The van der Waals surface area contributed by atoms with Crippen LogP contribution in [0.5, 0.6) is 0 Å². The Morgan fingerprint density at radius 3 is 2.80 bits per heavy atom. The number of hydrogen-bond donors (Lipinski definition) is 2. The lowest BCUT2D eigenvalue weighted by Crippen LogP contribution is -1.91. The van der Waals surface area contributed by atoms with Crippen LogP contribution in [0.15, 0.2) is 10.6 Å². The van der Waals surface area contributed by atoms with Crippen LogP contribution < -0.4 is 5.73 Å². The normalized spacial score (nSPS) is 10.7. The number of rotatable bonds is 6. The summed E-state index contributed by atoms with van der Waals surface area (Å²) in [4.78, 5) is 3.38. The van der Waals surface area contributed by atoms with Gasteiger partial charge in [-0.05, 0) is 30.9 Å². The number of hydrogen-bond acceptors (Lipinski definition) is 4. The number of nitrogens with zero attached hydrogens (tertiary/aromatic N) is 2. The minimum atomic E-state index is 0.0734. The van der Waals surface area contributed by atoms with Gasteiger partial charge in [0.25, 0.3) is 0 Å². The zero-order chi connectivity index (χ0) is 14.5. The summed E-state index contributed by atoms with van der Waals surface area (Å²) < 4.78 is 4.92. The SMILES string of the molecule is CCCCc1[nH]c(-c2noc(N)c2C#N)cc1CCC. The lowest BCUT2D eigenvalue weighted by Gasteiger charge is -2.01. The Balaban J connectivity index is 2.39. The number of unbranched alkanes of at least 4 members (excludes halogenated alkanes) is 1. The maximum Gasteiger partial charge on any atom is 0.240 e. The molecule has 0 radical (unpaired) electrons.